The molecule has 0 fully saturated rings. The number of anilines is 1. The van der Waals surface area contributed by atoms with Crippen LogP contribution in [-0.4, -0.2) is 13.4 Å². The van der Waals surface area contributed by atoms with Gasteiger partial charge in [-0.05, 0) is 42.5 Å². The first-order valence-electron chi connectivity index (χ1n) is 5.90. The maximum Gasteiger partial charge on any atom is 0.273 e. The minimum absolute atomic E-state index is 0.296. The average molecular weight is 324 g/mol. The highest BCUT2D eigenvalue weighted by molar-refractivity contribution is 7.94. The van der Waals surface area contributed by atoms with E-state index < -0.39 is 10.0 Å². The van der Waals surface area contributed by atoms with E-state index in [4.69, 9.17) is 0 Å². The van der Waals surface area contributed by atoms with E-state index in [9.17, 15) is 8.42 Å². The molecule has 0 amide bonds. The largest absolute Gasteiger partial charge is 0.273 e. The molecular formula is C13H12N2O2S3. The molecule has 0 bridgehead atoms. The van der Waals surface area contributed by atoms with Gasteiger partial charge in [-0.3, -0.25) is 4.72 Å². The lowest BCUT2D eigenvalue weighted by Crippen LogP contribution is -2.10. The summed E-state index contributed by atoms with van der Waals surface area (Å²) in [6, 6.07) is 7.32. The third-order valence-corrected chi connectivity index (χ3v) is 6.79. The molecule has 1 N–H and O–H groups in total. The lowest BCUT2D eigenvalue weighted by molar-refractivity contribution is 0.603. The van der Waals surface area contributed by atoms with Gasteiger partial charge in [-0.2, -0.15) is 0 Å². The zero-order valence-electron chi connectivity index (χ0n) is 10.9. The molecule has 0 unspecified atom stereocenters. The van der Waals surface area contributed by atoms with E-state index >= 15 is 0 Å². The second-order valence-corrected chi connectivity index (χ2v) is 8.34. The summed E-state index contributed by atoms with van der Waals surface area (Å²) >= 11 is 2.55. The molecule has 0 saturated carbocycles. The third kappa shape index (κ3) is 2.44. The van der Waals surface area contributed by atoms with Gasteiger partial charge in [0.1, 0.15) is 4.21 Å². The van der Waals surface area contributed by atoms with E-state index in [2.05, 4.69) is 15.8 Å². The van der Waals surface area contributed by atoms with Crippen molar-refractivity contribution in [2.45, 2.75) is 18.1 Å². The summed E-state index contributed by atoms with van der Waals surface area (Å²) in [5.41, 5.74) is 3.06. The fraction of sp³-hybridized carbons (Fsp3) is 0.154. The molecule has 0 spiro atoms. The summed E-state index contributed by atoms with van der Waals surface area (Å²) in [5.74, 6) is 0. The molecule has 0 radical (unpaired) electrons. The summed E-state index contributed by atoms with van der Waals surface area (Å²) in [5, 5.41) is 2.14. The van der Waals surface area contributed by atoms with Crippen LogP contribution in [0.1, 0.15) is 11.1 Å². The second-order valence-electron chi connectivity index (χ2n) is 4.49. The highest BCUT2D eigenvalue weighted by Crippen LogP contribution is 2.31. The number of nitrogens with zero attached hydrogens (tertiary/aromatic N) is 1. The third-order valence-electron chi connectivity index (χ3n) is 2.80. The molecule has 0 aliphatic carbocycles. The Morgan fingerprint density at radius 3 is 2.75 bits per heavy atom. The van der Waals surface area contributed by atoms with Gasteiger partial charge in [-0.25, -0.2) is 13.4 Å². The predicted molar refractivity (Wildman–Crippen MR) is 84.2 cm³/mol. The summed E-state index contributed by atoms with van der Waals surface area (Å²) in [6.07, 6.45) is 0. The van der Waals surface area contributed by atoms with Gasteiger partial charge in [0.2, 0.25) is 0 Å². The number of nitrogens with one attached hydrogen (secondary N) is 1. The molecule has 1 aromatic carbocycles. The van der Waals surface area contributed by atoms with Crippen LogP contribution in [0.3, 0.4) is 0 Å². The molecule has 0 saturated heterocycles. The summed E-state index contributed by atoms with van der Waals surface area (Å²) in [4.78, 5) is 4.36. The Hall–Kier alpha value is -1.44. The van der Waals surface area contributed by atoms with Gasteiger partial charge < -0.3 is 0 Å². The molecule has 2 aromatic heterocycles. The Morgan fingerprint density at radius 1 is 1.25 bits per heavy atom. The van der Waals surface area contributed by atoms with E-state index in [0.717, 1.165) is 21.3 Å². The lowest BCUT2D eigenvalue weighted by atomic mass is 10.1. The smallest absolute Gasteiger partial charge is 0.254 e. The second kappa shape index (κ2) is 4.83. The van der Waals surface area contributed by atoms with Crippen molar-refractivity contribution in [2.24, 2.45) is 0 Å². The standard InChI is InChI=1S/C13H12N2O2S3/c1-8-6-9(2)12-10(7-8)14-13(19-12)15-20(16,17)11-4-3-5-18-11/h3-7H,1-2H3,(H,14,15). The van der Waals surface area contributed by atoms with Crippen molar-refractivity contribution in [3.8, 4) is 0 Å². The van der Waals surface area contributed by atoms with Gasteiger partial charge in [0.25, 0.3) is 10.0 Å². The molecule has 7 heteroatoms. The van der Waals surface area contributed by atoms with Crippen molar-refractivity contribution >= 4 is 48.0 Å². The lowest BCUT2D eigenvalue weighted by Gasteiger charge is -2.00. The van der Waals surface area contributed by atoms with E-state index in [0.29, 0.717) is 9.34 Å². The number of aryl methyl sites for hydroxylation is 2. The zero-order chi connectivity index (χ0) is 14.3. The maximum absolute atomic E-state index is 12.2. The highest BCUT2D eigenvalue weighted by atomic mass is 32.2. The number of thiophene rings is 1. The molecule has 4 nitrogen and oxygen atoms in total. The number of fused-ring (bicyclic) bond motifs is 1. The van der Waals surface area contributed by atoms with Gasteiger partial charge >= 0.3 is 0 Å². The van der Waals surface area contributed by atoms with Crippen molar-refractivity contribution < 1.29 is 8.42 Å². The number of hydrogen-bond acceptors (Lipinski definition) is 5. The van der Waals surface area contributed by atoms with E-state index in [1.165, 1.54) is 22.7 Å². The van der Waals surface area contributed by atoms with Crippen molar-refractivity contribution in [1.29, 1.82) is 0 Å². The SMILES string of the molecule is Cc1cc(C)c2sc(NS(=O)(=O)c3cccs3)nc2c1. The fourth-order valence-electron chi connectivity index (χ4n) is 2.00. The number of thiazole rings is 1. The number of rotatable bonds is 3. The highest BCUT2D eigenvalue weighted by Gasteiger charge is 2.17. The number of benzene rings is 1. The van der Waals surface area contributed by atoms with Crippen LogP contribution in [0.5, 0.6) is 0 Å². The molecule has 104 valence electrons. The van der Waals surface area contributed by atoms with Crippen molar-refractivity contribution in [3.63, 3.8) is 0 Å². The summed E-state index contributed by atoms with van der Waals surface area (Å²) in [7, 11) is -3.52. The molecule has 0 atom stereocenters. The normalized spacial score (nSPS) is 11.9. The Bertz CT molecular complexity index is 865. The summed E-state index contributed by atoms with van der Waals surface area (Å²) < 4.78 is 28.2. The van der Waals surface area contributed by atoms with Crippen molar-refractivity contribution in [3.05, 3.63) is 40.8 Å². The Labute approximate surface area is 125 Å². The minimum atomic E-state index is -3.52. The first kappa shape index (κ1) is 13.5. The number of hydrogen-bond donors (Lipinski definition) is 1. The predicted octanol–water partition coefficient (Wildman–Crippen LogP) is 3.78. The first-order chi connectivity index (χ1) is 9.45. The van der Waals surface area contributed by atoms with Gasteiger partial charge in [-0.1, -0.05) is 23.5 Å². The Morgan fingerprint density at radius 2 is 2.05 bits per heavy atom. The first-order valence-corrected chi connectivity index (χ1v) is 9.08. The monoisotopic (exact) mass is 324 g/mol. The zero-order valence-corrected chi connectivity index (χ0v) is 13.3. The molecule has 2 heterocycles. The topological polar surface area (TPSA) is 59.1 Å². The van der Waals surface area contributed by atoms with Crippen molar-refractivity contribution in [1.82, 2.24) is 4.98 Å². The Kier molecular flexibility index (Phi) is 3.27. The quantitative estimate of drug-likeness (QED) is 0.797. The molecule has 3 rings (SSSR count). The average Bonchev–Trinajstić information content (AvgIpc) is 2.96. The van der Waals surface area contributed by atoms with Crippen LogP contribution in [0.15, 0.2) is 33.9 Å². The van der Waals surface area contributed by atoms with Gasteiger partial charge in [0, 0.05) is 0 Å². The van der Waals surface area contributed by atoms with E-state index in [1.54, 1.807) is 17.5 Å². The number of sulfonamides is 1. The van der Waals surface area contributed by atoms with E-state index in [-0.39, 0.29) is 0 Å². The fourth-order valence-corrected chi connectivity index (χ4v) is 5.14. The van der Waals surface area contributed by atoms with Gasteiger partial charge in [-0.15, -0.1) is 11.3 Å². The van der Waals surface area contributed by atoms with Gasteiger partial charge in [0.05, 0.1) is 10.2 Å². The number of aromatic nitrogens is 1. The van der Waals surface area contributed by atoms with Crippen LogP contribution >= 0.6 is 22.7 Å². The molecule has 0 aliphatic heterocycles. The van der Waals surface area contributed by atoms with Crippen LogP contribution in [-0.2, 0) is 10.0 Å². The van der Waals surface area contributed by atoms with Crippen molar-refractivity contribution in [2.75, 3.05) is 4.72 Å². The summed E-state index contributed by atoms with van der Waals surface area (Å²) in [6.45, 7) is 4.01. The van der Waals surface area contributed by atoms with Crippen LogP contribution in [0, 0.1) is 13.8 Å². The van der Waals surface area contributed by atoms with E-state index in [1.807, 2.05) is 19.9 Å². The molecule has 0 aliphatic rings. The Balaban J connectivity index is 2.02. The van der Waals surface area contributed by atoms with Crippen LogP contribution in [0.2, 0.25) is 0 Å². The minimum Gasteiger partial charge on any atom is -0.254 e. The van der Waals surface area contributed by atoms with Crippen LogP contribution < -0.4 is 4.72 Å². The van der Waals surface area contributed by atoms with Gasteiger partial charge in [0.15, 0.2) is 5.13 Å². The van der Waals surface area contributed by atoms with Crippen LogP contribution in [0.25, 0.3) is 10.2 Å². The molecule has 20 heavy (non-hydrogen) atoms. The van der Waals surface area contributed by atoms with Crippen LogP contribution in [0.4, 0.5) is 5.13 Å². The molecular weight excluding hydrogens is 312 g/mol. The molecule has 3 aromatic rings. The maximum atomic E-state index is 12.2.